The number of rotatable bonds is 2. The second-order valence-corrected chi connectivity index (χ2v) is 5.77. The molecule has 2 aromatic rings. The highest BCUT2D eigenvalue weighted by Gasteiger charge is 2.26. The van der Waals surface area contributed by atoms with Gasteiger partial charge in [0.2, 0.25) is 0 Å². The molecule has 0 radical (unpaired) electrons. The zero-order valence-corrected chi connectivity index (χ0v) is 9.98. The number of hydrogen-bond acceptors (Lipinski definition) is 3. The van der Waals surface area contributed by atoms with Crippen LogP contribution in [0.3, 0.4) is 0 Å². The molecule has 1 aromatic heterocycles. The van der Waals surface area contributed by atoms with Gasteiger partial charge >= 0.3 is 0 Å². The van der Waals surface area contributed by atoms with E-state index in [-0.39, 0.29) is 5.82 Å². The van der Waals surface area contributed by atoms with Gasteiger partial charge in [-0.25, -0.2) is 9.37 Å². The highest BCUT2D eigenvalue weighted by Crippen LogP contribution is 2.42. The first-order valence-corrected chi connectivity index (χ1v) is 6.66. The fraction of sp³-hybridized carbons (Fsp3) is 0.308. The average Bonchev–Trinajstić information content (AvgIpc) is 2.91. The minimum atomic E-state index is -0.157. The lowest BCUT2D eigenvalue weighted by Gasteiger charge is -2.00. The average molecular weight is 246 g/mol. The van der Waals surface area contributed by atoms with Crippen molar-refractivity contribution >= 4 is 16.5 Å². The summed E-state index contributed by atoms with van der Waals surface area (Å²) in [6, 6.07) is 5.62. The third kappa shape index (κ3) is 1.55. The van der Waals surface area contributed by atoms with Crippen molar-refractivity contribution in [1.82, 2.24) is 4.98 Å². The molecule has 1 fully saturated rings. The van der Waals surface area contributed by atoms with E-state index in [0.29, 0.717) is 6.04 Å². The van der Waals surface area contributed by atoms with Gasteiger partial charge in [0.15, 0.2) is 5.13 Å². The number of fused-ring (bicyclic) bond motifs is 3. The Labute approximate surface area is 103 Å². The number of nitrogens with zero attached hydrogens (tertiary/aromatic N) is 1. The molecular weight excluding hydrogens is 235 g/mol. The molecule has 1 aromatic carbocycles. The van der Waals surface area contributed by atoms with Gasteiger partial charge in [-0.2, -0.15) is 0 Å². The summed E-state index contributed by atoms with van der Waals surface area (Å²) in [5.41, 5.74) is 3.21. The summed E-state index contributed by atoms with van der Waals surface area (Å²) in [7, 11) is 0. The summed E-state index contributed by atoms with van der Waals surface area (Å²) < 4.78 is 13.1. The molecule has 0 spiro atoms. The van der Waals surface area contributed by atoms with Crippen molar-refractivity contribution in [2.24, 2.45) is 0 Å². The van der Waals surface area contributed by atoms with Crippen LogP contribution in [0.1, 0.15) is 23.3 Å². The molecule has 4 rings (SSSR count). The number of benzene rings is 1. The van der Waals surface area contributed by atoms with Crippen LogP contribution < -0.4 is 5.32 Å². The van der Waals surface area contributed by atoms with E-state index in [2.05, 4.69) is 10.3 Å². The Hall–Kier alpha value is -1.42. The summed E-state index contributed by atoms with van der Waals surface area (Å²) in [4.78, 5) is 5.88. The van der Waals surface area contributed by atoms with Crippen molar-refractivity contribution in [3.8, 4) is 11.3 Å². The van der Waals surface area contributed by atoms with Crippen molar-refractivity contribution in [2.75, 3.05) is 5.32 Å². The van der Waals surface area contributed by atoms with Gasteiger partial charge in [-0.15, -0.1) is 11.3 Å². The van der Waals surface area contributed by atoms with E-state index in [1.807, 2.05) is 6.07 Å². The highest BCUT2D eigenvalue weighted by molar-refractivity contribution is 7.16. The summed E-state index contributed by atoms with van der Waals surface area (Å²) in [5.74, 6) is -0.157. The summed E-state index contributed by atoms with van der Waals surface area (Å²) >= 11 is 1.71. The lowest BCUT2D eigenvalue weighted by Crippen LogP contribution is -1.99. The second-order valence-electron chi connectivity index (χ2n) is 4.69. The van der Waals surface area contributed by atoms with Gasteiger partial charge in [0.05, 0.1) is 5.69 Å². The predicted octanol–water partition coefficient (Wildman–Crippen LogP) is 3.43. The molecule has 0 saturated heterocycles. The minimum Gasteiger partial charge on any atom is -0.359 e. The fourth-order valence-corrected chi connectivity index (χ4v) is 3.33. The molecule has 1 heterocycles. The molecule has 1 N–H and O–H groups in total. The SMILES string of the molecule is Fc1ccc2c(c1)Cc1sc(NC3CC3)nc1-2. The highest BCUT2D eigenvalue weighted by atomic mass is 32.1. The zero-order chi connectivity index (χ0) is 11.4. The van der Waals surface area contributed by atoms with Crippen LogP contribution in [0.4, 0.5) is 9.52 Å². The Morgan fingerprint density at radius 1 is 1.35 bits per heavy atom. The van der Waals surface area contributed by atoms with Crippen LogP contribution >= 0.6 is 11.3 Å². The quantitative estimate of drug-likeness (QED) is 0.749. The Morgan fingerprint density at radius 3 is 3.06 bits per heavy atom. The molecular formula is C13H11FN2S. The molecule has 2 aliphatic rings. The normalized spacial score (nSPS) is 16.8. The van der Waals surface area contributed by atoms with Gasteiger partial charge in [-0.05, 0) is 36.6 Å². The first-order valence-electron chi connectivity index (χ1n) is 5.84. The van der Waals surface area contributed by atoms with E-state index >= 15 is 0 Å². The lowest BCUT2D eigenvalue weighted by molar-refractivity contribution is 0.626. The number of halogens is 1. The topological polar surface area (TPSA) is 24.9 Å². The Kier molecular flexibility index (Phi) is 1.86. The first kappa shape index (κ1) is 9.59. The molecule has 0 aliphatic heterocycles. The third-order valence-electron chi connectivity index (χ3n) is 3.28. The molecule has 17 heavy (non-hydrogen) atoms. The molecule has 0 unspecified atom stereocenters. The number of thiazole rings is 1. The maximum atomic E-state index is 13.1. The van der Waals surface area contributed by atoms with Crippen LogP contribution in [-0.4, -0.2) is 11.0 Å². The first-order chi connectivity index (χ1) is 8.29. The largest absolute Gasteiger partial charge is 0.359 e. The molecule has 2 aliphatic carbocycles. The van der Waals surface area contributed by atoms with Crippen LogP contribution in [0.5, 0.6) is 0 Å². The van der Waals surface area contributed by atoms with E-state index in [1.165, 1.54) is 23.8 Å². The van der Waals surface area contributed by atoms with E-state index < -0.39 is 0 Å². The van der Waals surface area contributed by atoms with Crippen molar-refractivity contribution < 1.29 is 4.39 Å². The van der Waals surface area contributed by atoms with Gasteiger partial charge in [-0.3, -0.25) is 0 Å². The van der Waals surface area contributed by atoms with Crippen LogP contribution in [0.15, 0.2) is 18.2 Å². The monoisotopic (exact) mass is 246 g/mol. The molecule has 1 saturated carbocycles. The second kappa shape index (κ2) is 3.29. The Morgan fingerprint density at radius 2 is 2.24 bits per heavy atom. The maximum absolute atomic E-state index is 13.1. The van der Waals surface area contributed by atoms with Crippen molar-refractivity contribution in [3.63, 3.8) is 0 Å². The molecule has 0 atom stereocenters. The maximum Gasteiger partial charge on any atom is 0.183 e. The van der Waals surface area contributed by atoms with Crippen LogP contribution in [-0.2, 0) is 6.42 Å². The Balaban J connectivity index is 1.74. The predicted molar refractivity (Wildman–Crippen MR) is 67.0 cm³/mol. The zero-order valence-electron chi connectivity index (χ0n) is 9.16. The van der Waals surface area contributed by atoms with Gasteiger partial charge in [0, 0.05) is 22.9 Å². The van der Waals surface area contributed by atoms with Gasteiger partial charge in [0.25, 0.3) is 0 Å². The van der Waals surface area contributed by atoms with E-state index in [4.69, 9.17) is 0 Å². The number of nitrogens with one attached hydrogen (secondary N) is 1. The van der Waals surface area contributed by atoms with Crippen molar-refractivity contribution in [3.05, 3.63) is 34.5 Å². The summed E-state index contributed by atoms with van der Waals surface area (Å²) in [5, 5.41) is 4.44. The van der Waals surface area contributed by atoms with Crippen LogP contribution in [0.25, 0.3) is 11.3 Å². The standard InChI is InChI=1S/C13H11FN2S/c14-8-1-4-10-7(5-8)6-11-12(10)16-13(17-11)15-9-2-3-9/h1,4-5,9H,2-3,6H2,(H,15,16). The van der Waals surface area contributed by atoms with E-state index in [0.717, 1.165) is 28.4 Å². The molecule has 86 valence electrons. The van der Waals surface area contributed by atoms with E-state index in [1.54, 1.807) is 17.4 Å². The van der Waals surface area contributed by atoms with Gasteiger partial charge < -0.3 is 5.32 Å². The molecule has 2 nitrogen and oxygen atoms in total. The lowest BCUT2D eigenvalue weighted by atomic mass is 10.1. The smallest absolute Gasteiger partial charge is 0.183 e. The van der Waals surface area contributed by atoms with Gasteiger partial charge in [-0.1, -0.05) is 0 Å². The summed E-state index contributed by atoms with van der Waals surface area (Å²) in [6.45, 7) is 0. The third-order valence-corrected chi connectivity index (χ3v) is 4.26. The Bertz CT molecular complexity index is 601. The minimum absolute atomic E-state index is 0.157. The van der Waals surface area contributed by atoms with E-state index in [9.17, 15) is 4.39 Å². The molecule has 0 bridgehead atoms. The summed E-state index contributed by atoms with van der Waals surface area (Å²) in [6.07, 6.45) is 3.34. The van der Waals surface area contributed by atoms with Crippen LogP contribution in [0.2, 0.25) is 0 Å². The number of hydrogen-bond donors (Lipinski definition) is 1. The van der Waals surface area contributed by atoms with Gasteiger partial charge in [0.1, 0.15) is 5.82 Å². The fourth-order valence-electron chi connectivity index (χ4n) is 2.26. The molecule has 4 heteroatoms. The van der Waals surface area contributed by atoms with Crippen molar-refractivity contribution in [2.45, 2.75) is 25.3 Å². The molecule has 0 amide bonds. The number of aromatic nitrogens is 1. The number of anilines is 1. The van der Waals surface area contributed by atoms with Crippen LogP contribution in [0, 0.1) is 5.82 Å². The van der Waals surface area contributed by atoms with Crippen molar-refractivity contribution in [1.29, 1.82) is 0 Å².